The van der Waals surface area contributed by atoms with E-state index >= 15 is 0 Å². The first-order valence-electron chi connectivity index (χ1n) is 7.08. The van der Waals surface area contributed by atoms with E-state index in [1.165, 1.54) is 0 Å². The molecule has 1 unspecified atom stereocenters. The van der Waals surface area contributed by atoms with Crippen LogP contribution in [0.3, 0.4) is 0 Å². The SMILES string of the molecule is CCC(C)c1nc2ccccn2c1Nc1ccccc1. The standard InChI is InChI=1S/C17H19N3/c1-3-13(2)16-17(18-14-9-5-4-6-10-14)20-12-8-7-11-15(20)19-16/h4-13,18H,3H2,1-2H3. The lowest BCUT2D eigenvalue weighted by atomic mass is 10.1. The van der Waals surface area contributed by atoms with Gasteiger partial charge in [0, 0.05) is 17.8 Å². The molecule has 20 heavy (non-hydrogen) atoms. The highest BCUT2D eigenvalue weighted by molar-refractivity contribution is 5.64. The molecule has 0 saturated heterocycles. The molecule has 0 fully saturated rings. The number of hydrogen-bond acceptors (Lipinski definition) is 2. The first-order valence-corrected chi connectivity index (χ1v) is 7.08. The summed E-state index contributed by atoms with van der Waals surface area (Å²) in [6.45, 7) is 4.42. The second kappa shape index (κ2) is 5.37. The van der Waals surface area contributed by atoms with Crippen LogP contribution in [0.1, 0.15) is 31.9 Å². The van der Waals surface area contributed by atoms with Gasteiger partial charge in [0.05, 0.1) is 5.69 Å². The van der Waals surface area contributed by atoms with Crippen molar-refractivity contribution in [3.05, 3.63) is 60.4 Å². The highest BCUT2D eigenvalue weighted by atomic mass is 15.1. The van der Waals surface area contributed by atoms with E-state index in [1.54, 1.807) is 0 Å². The fourth-order valence-electron chi connectivity index (χ4n) is 2.33. The quantitative estimate of drug-likeness (QED) is 0.747. The third-order valence-corrected chi connectivity index (χ3v) is 3.67. The Kier molecular flexibility index (Phi) is 3.42. The van der Waals surface area contributed by atoms with Crippen LogP contribution in [-0.2, 0) is 0 Å². The summed E-state index contributed by atoms with van der Waals surface area (Å²) in [6.07, 6.45) is 3.13. The number of para-hydroxylation sites is 1. The van der Waals surface area contributed by atoms with Crippen LogP contribution >= 0.6 is 0 Å². The van der Waals surface area contributed by atoms with Crippen LogP contribution in [0.5, 0.6) is 0 Å². The number of imidazole rings is 1. The van der Waals surface area contributed by atoms with E-state index in [0.717, 1.165) is 29.3 Å². The number of nitrogens with zero attached hydrogens (tertiary/aromatic N) is 2. The van der Waals surface area contributed by atoms with Crippen molar-refractivity contribution in [3.63, 3.8) is 0 Å². The molecule has 3 aromatic rings. The average molecular weight is 265 g/mol. The summed E-state index contributed by atoms with van der Waals surface area (Å²) >= 11 is 0. The van der Waals surface area contributed by atoms with Gasteiger partial charge in [-0.3, -0.25) is 4.40 Å². The summed E-state index contributed by atoms with van der Waals surface area (Å²) in [4.78, 5) is 4.78. The van der Waals surface area contributed by atoms with Crippen LogP contribution in [0.2, 0.25) is 0 Å². The van der Waals surface area contributed by atoms with E-state index in [-0.39, 0.29) is 0 Å². The predicted octanol–water partition coefficient (Wildman–Crippen LogP) is 4.59. The third kappa shape index (κ3) is 2.27. The Morgan fingerprint density at radius 2 is 1.85 bits per heavy atom. The maximum absolute atomic E-state index is 4.78. The number of hydrogen-bond donors (Lipinski definition) is 1. The number of aromatic nitrogens is 2. The van der Waals surface area contributed by atoms with Gasteiger partial charge in [0.2, 0.25) is 0 Å². The Labute approximate surface area is 119 Å². The van der Waals surface area contributed by atoms with Crippen LogP contribution in [0.15, 0.2) is 54.7 Å². The fourth-order valence-corrected chi connectivity index (χ4v) is 2.33. The lowest BCUT2D eigenvalue weighted by molar-refractivity contribution is 0.716. The number of anilines is 2. The molecule has 1 aromatic carbocycles. The van der Waals surface area contributed by atoms with Gasteiger partial charge in [0.25, 0.3) is 0 Å². The summed E-state index contributed by atoms with van der Waals surface area (Å²) in [5.74, 6) is 1.50. The molecule has 0 saturated carbocycles. The topological polar surface area (TPSA) is 29.3 Å². The molecular formula is C17H19N3. The highest BCUT2D eigenvalue weighted by Gasteiger charge is 2.16. The molecule has 0 aliphatic carbocycles. The van der Waals surface area contributed by atoms with Crippen LogP contribution in [0.25, 0.3) is 5.65 Å². The molecule has 0 radical (unpaired) electrons. The minimum absolute atomic E-state index is 0.432. The molecule has 0 bridgehead atoms. The van der Waals surface area contributed by atoms with Gasteiger partial charge >= 0.3 is 0 Å². The minimum Gasteiger partial charge on any atom is -0.340 e. The van der Waals surface area contributed by atoms with Gasteiger partial charge in [-0.15, -0.1) is 0 Å². The van der Waals surface area contributed by atoms with Crippen LogP contribution in [-0.4, -0.2) is 9.38 Å². The van der Waals surface area contributed by atoms with Crippen molar-refractivity contribution >= 4 is 17.2 Å². The molecule has 0 aliphatic heterocycles. The van der Waals surface area contributed by atoms with Gasteiger partial charge in [-0.2, -0.15) is 0 Å². The van der Waals surface area contributed by atoms with Gasteiger partial charge in [-0.25, -0.2) is 4.98 Å². The average Bonchev–Trinajstić information content (AvgIpc) is 2.86. The molecule has 3 heteroatoms. The van der Waals surface area contributed by atoms with Crippen LogP contribution in [0, 0.1) is 0 Å². The van der Waals surface area contributed by atoms with Crippen molar-refractivity contribution in [1.82, 2.24) is 9.38 Å². The molecule has 3 rings (SSSR count). The Balaban J connectivity index is 2.11. The maximum Gasteiger partial charge on any atom is 0.138 e. The predicted molar refractivity (Wildman–Crippen MR) is 83.6 cm³/mol. The molecule has 1 atom stereocenters. The molecule has 3 nitrogen and oxygen atoms in total. The number of nitrogens with one attached hydrogen (secondary N) is 1. The van der Waals surface area contributed by atoms with E-state index in [9.17, 15) is 0 Å². The second-order valence-electron chi connectivity index (χ2n) is 5.07. The number of benzene rings is 1. The van der Waals surface area contributed by atoms with Gasteiger partial charge in [-0.05, 0) is 30.7 Å². The Hall–Kier alpha value is -2.29. The fraction of sp³-hybridized carbons (Fsp3) is 0.235. The number of rotatable bonds is 4. The Morgan fingerprint density at radius 3 is 2.60 bits per heavy atom. The van der Waals surface area contributed by atoms with E-state index < -0.39 is 0 Å². The number of pyridine rings is 1. The lowest BCUT2D eigenvalue weighted by Gasteiger charge is -2.11. The molecule has 1 N–H and O–H groups in total. The lowest BCUT2D eigenvalue weighted by Crippen LogP contribution is -2.00. The zero-order valence-corrected chi connectivity index (χ0v) is 11.9. The normalized spacial score (nSPS) is 12.5. The summed E-state index contributed by atoms with van der Waals surface area (Å²) in [7, 11) is 0. The molecule has 0 spiro atoms. The first kappa shape index (κ1) is 12.7. The molecule has 2 heterocycles. The van der Waals surface area contributed by atoms with Gasteiger partial charge in [0.1, 0.15) is 11.5 Å². The highest BCUT2D eigenvalue weighted by Crippen LogP contribution is 2.29. The van der Waals surface area contributed by atoms with Crippen molar-refractivity contribution in [2.24, 2.45) is 0 Å². The van der Waals surface area contributed by atoms with Crippen molar-refractivity contribution in [1.29, 1.82) is 0 Å². The van der Waals surface area contributed by atoms with E-state index in [0.29, 0.717) is 5.92 Å². The van der Waals surface area contributed by atoms with Crippen molar-refractivity contribution in [3.8, 4) is 0 Å². The monoisotopic (exact) mass is 265 g/mol. The Morgan fingerprint density at radius 1 is 1.10 bits per heavy atom. The number of fused-ring (bicyclic) bond motifs is 1. The zero-order chi connectivity index (χ0) is 13.9. The maximum atomic E-state index is 4.78. The van der Waals surface area contributed by atoms with E-state index in [4.69, 9.17) is 4.98 Å². The minimum atomic E-state index is 0.432. The summed E-state index contributed by atoms with van der Waals surface area (Å²) in [5.41, 5.74) is 3.20. The molecule has 0 amide bonds. The summed E-state index contributed by atoms with van der Waals surface area (Å²) in [5, 5.41) is 3.51. The Bertz CT molecular complexity index is 701. The molecule has 0 aliphatic rings. The van der Waals surface area contributed by atoms with Crippen LogP contribution < -0.4 is 5.32 Å². The second-order valence-corrected chi connectivity index (χ2v) is 5.07. The third-order valence-electron chi connectivity index (χ3n) is 3.67. The van der Waals surface area contributed by atoms with Crippen molar-refractivity contribution < 1.29 is 0 Å². The molecule has 102 valence electrons. The van der Waals surface area contributed by atoms with Gasteiger partial charge < -0.3 is 5.32 Å². The van der Waals surface area contributed by atoms with Gasteiger partial charge in [0.15, 0.2) is 0 Å². The smallest absolute Gasteiger partial charge is 0.138 e. The van der Waals surface area contributed by atoms with Crippen LogP contribution in [0.4, 0.5) is 11.5 Å². The van der Waals surface area contributed by atoms with E-state index in [2.05, 4.69) is 41.9 Å². The molecule has 2 aromatic heterocycles. The first-order chi connectivity index (χ1) is 9.79. The summed E-state index contributed by atoms with van der Waals surface area (Å²) in [6, 6.07) is 16.3. The van der Waals surface area contributed by atoms with Crippen molar-refractivity contribution in [2.45, 2.75) is 26.2 Å². The summed E-state index contributed by atoms with van der Waals surface area (Å²) < 4.78 is 2.12. The molecular weight excluding hydrogens is 246 g/mol. The largest absolute Gasteiger partial charge is 0.340 e. The van der Waals surface area contributed by atoms with Gasteiger partial charge in [-0.1, -0.05) is 38.1 Å². The van der Waals surface area contributed by atoms with E-state index in [1.807, 2.05) is 36.4 Å². The zero-order valence-electron chi connectivity index (χ0n) is 11.9. The van der Waals surface area contributed by atoms with Crippen molar-refractivity contribution in [2.75, 3.05) is 5.32 Å².